The van der Waals surface area contributed by atoms with Gasteiger partial charge in [-0.1, -0.05) is 24.3 Å². The van der Waals surface area contributed by atoms with E-state index >= 15 is 0 Å². The number of nitrogens with one attached hydrogen (secondary N) is 2. The lowest BCUT2D eigenvalue weighted by atomic mass is 10.2. The van der Waals surface area contributed by atoms with E-state index in [2.05, 4.69) is 15.6 Å². The second kappa shape index (κ2) is 10.4. The van der Waals surface area contributed by atoms with Crippen molar-refractivity contribution in [1.82, 2.24) is 10.6 Å². The number of anilines is 1. The molecule has 0 aliphatic carbocycles. The van der Waals surface area contributed by atoms with Crippen LogP contribution in [0.15, 0.2) is 47.5 Å². The van der Waals surface area contributed by atoms with Crippen LogP contribution in [0.1, 0.15) is 18.1 Å². The Morgan fingerprint density at radius 1 is 1.10 bits per heavy atom. The largest absolute Gasteiger partial charge is 0.493 e. The van der Waals surface area contributed by atoms with E-state index in [0.29, 0.717) is 37.1 Å². The van der Waals surface area contributed by atoms with Crippen molar-refractivity contribution in [3.05, 3.63) is 53.6 Å². The normalized spacial score (nSPS) is 13.6. The molecule has 1 heterocycles. The Kier molecular flexibility index (Phi) is 7.62. The summed E-state index contributed by atoms with van der Waals surface area (Å²) in [7, 11) is -0.222. The molecule has 0 atom stereocenters. The quantitative estimate of drug-likeness (QED) is 0.453. The third-order valence-electron chi connectivity index (χ3n) is 5.04. The molecule has 9 heteroatoms. The Morgan fingerprint density at radius 3 is 2.61 bits per heavy atom. The summed E-state index contributed by atoms with van der Waals surface area (Å²) in [6, 6.07) is 13.3. The number of para-hydroxylation sites is 1. The predicted molar refractivity (Wildman–Crippen MR) is 124 cm³/mol. The Labute approximate surface area is 184 Å². The smallest absolute Gasteiger partial charge is 0.236 e. The highest BCUT2D eigenvalue weighted by Gasteiger charge is 2.28. The van der Waals surface area contributed by atoms with Gasteiger partial charge < -0.3 is 20.1 Å². The van der Waals surface area contributed by atoms with Gasteiger partial charge in [0, 0.05) is 19.6 Å². The van der Waals surface area contributed by atoms with Crippen molar-refractivity contribution in [2.45, 2.75) is 19.9 Å². The first-order valence-electron chi connectivity index (χ1n) is 10.3. The molecule has 0 spiro atoms. The Bertz CT molecular complexity index is 1020. The highest BCUT2D eigenvalue weighted by atomic mass is 32.2. The first-order chi connectivity index (χ1) is 15.0. The fraction of sp³-hybridized carbons (Fsp3) is 0.409. The molecule has 0 saturated heterocycles. The molecule has 2 aromatic rings. The minimum atomic E-state index is -3.41. The maximum absolute atomic E-state index is 12.8. The van der Waals surface area contributed by atoms with Crippen LogP contribution in [-0.4, -0.2) is 54.0 Å². The number of fused-ring (bicyclic) bond motifs is 1. The molecule has 8 nitrogen and oxygen atoms in total. The monoisotopic (exact) mass is 446 g/mol. The lowest BCUT2D eigenvalue weighted by molar-refractivity contribution is 0.354. The van der Waals surface area contributed by atoms with Crippen LogP contribution in [0.4, 0.5) is 5.69 Å². The maximum Gasteiger partial charge on any atom is 0.236 e. The van der Waals surface area contributed by atoms with Crippen molar-refractivity contribution in [1.29, 1.82) is 0 Å². The molecular weight excluding hydrogens is 416 g/mol. The van der Waals surface area contributed by atoms with Gasteiger partial charge in [-0.3, -0.25) is 4.31 Å². The molecule has 2 aromatic carbocycles. The lowest BCUT2D eigenvalue weighted by Gasteiger charge is -2.20. The topological polar surface area (TPSA) is 92.3 Å². The van der Waals surface area contributed by atoms with Crippen LogP contribution in [0.5, 0.6) is 11.5 Å². The zero-order valence-electron chi connectivity index (χ0n) is 18.2. The minimum Gasteiger partial charge on any atom is -0.493 e. The van der Waals surface area contributed by atoms with E-state index in [1.165, 1.54) is 4.31 Å². The molecule has 1 aliphatic heterocycles. The van der Waals surface area contributed by atoms with Crippen molar-refractivity contribution in [2.24, 2.45) is 4.99 Å². The van der Waals surface area contributed by atoms with Gasteiger partial charge in [0.2, 0.25) is 10.0 Å². The molecular formula is C22H30N4O4S. The van der Waals surface area contributed by atoms with Crippen LogP contribution < -0.4 is 24.4 Å². The van der Waals surface area contributed by atoms with E-state index in [1.807, 2.05) is 49.4 Å². The Balaban J connectivity index is 1.60. The summed E-state index contributed by atoms with van der Waals surface area (Å²) in [6.45, 7) is 3.81. The molecule has 0 bridgehead atoms. The van der Waals surface area contributed by atoms with E-state index in [4.69, 9.17) is 9.47 Å². The van der Waals surface area contributed by atoms with Crippen molar-refractivity contribution in [3.63, 3.8) is 0 Å². The fourth-order valence-electron chi connectivity index (χ4n) is 3.50. The van der Waals surface area contributed by atoms with E-state index in [-0.39, 0.29) is 12.3 Å². The average molecular weight is 447 g/mol. The molecule has 0 saturated carbocycles. The highest BCUT2D eigenvalue weighted by Crippen LogP contribution is 2.30. The van der Waals surface area contributed by atoms with Gasteiger partial charge in [-0.05, 0) is 42.7 Å². The minimum absolute atomic E-state index is 0.0118. The van der Waals surface area contributed by atoms with Crippen LogP contribution >= 0.6 is 0 Å². The first kappa shape index (κ1) is 22.7. The van der Waals surface area contributed by atoms with Crippen molar-refractivity contribution in [3.8, 4) is 11.5 Å². The zero-order chi connectivity index (χ0) is 22.3. The summed E-state index contributed by atoms with van der Waals surface area (Å²) in [5.74, 6) is 1.86. The lowest BCUT2D eigenvalue weighted by Crippen LogP contribution is -2.42. The molecule has 0 fully saturated rings. The number of aliphatic imine (C=N–C) groups is 1. The molecule has 0 unspecified atom stereocenters. The fourth-order valence-corrected chi connectivity index (χ4v) is 4.92. The van der Waals surface area contributed by atoms with Gasteiger partial charge in [0.1, 0.15) is 0 Å². The van der Waals surface area contributed by atoms with Crippen molar-refractivity contribution < 1.29 is 17.9 Å². The second-order valence-electron chi connectivity index (χ2n) is 7.08. The summed E-state index contributed by atoms with van der Waals surface area (Å²) < 4.78 is 37.8. The van der Waals surface area contributed by atoms with Crippen LogP contribution in [-0.2, 0) is 23.0 Å². The molecule has 1 aliphatic rings. The molecule has 168 valence electrons. The van der Waals surface area contributed by atoms with Crippen molar-refractivity contribution in [2.75, 3.05) is 43.9 Å². The van der Waals surface area contributed by atoms with Crippen LogP contribution in [0, 0.1) is 0 Å². The van der Waals surface area contributed by atoms with Crippen LogP contribution in [0.25, 0.3) is 0 Å². The van der Waals surface area contributed by atoms with E-state index in [0.717, 1.165) is 23.2 Å². The third kappa shape index (κ3) is 5.61. The molecule has 2 N–H and O–H groups in total. The number of hydrogen-bond donors (Lipinski definition) is 2. The summed E-state index contributed by atoms with van der Waals surface area (Å²) in [4.78, 5) is 4.56. The van der Waals surface area contributed by atoms with Crippen LogP contribution in [0.3, 0.4) is 0 Å². The van der Waals surface area contributed by atoms with E-state index in [1.54, 1.807) is 14.2 Å². The summed E-state index contributed by atoms with van der Waals surface area (Å²) >= 11 is 0. The van der Waals surface area contributed by atoms with E-state index in [9.17, 15) is 8.42 Å². The van der Waals surface area contributed by atoms with Gasteiger partial charge in [-0.2, -0.15) is 0 Å². The van der Waals surface area contributed by atoms with Crippen molar-refractivity contribution >= 4 is 21.7 Å². The maximum atomic E-state index is 12.8. The van der Waals surface area contributed by atoms with Gasteiger partial charge in [-0.25, -0.2) is 13.4 Å². The molecule has 0 amide bonds. The molecule has 31 heavy (non-hydrogen) atoms. The van der Waals surface area contributed by atoms with Gasteiger partial charge in [-0.15, -0.1) is 0 Å². The first-order valence-corrected chi connectivity index (χ1v) is 11.9. The number of benzene rings is 2. The molecule has 3 rings (SSSR count). The zero-order valence-corrected chi connectivity index (χ0v) is 19.0. The predicted octanol–water partition coefficient (Wildman–Crippen LogP) is 2.15. The Hall–Kier alpha value is -2.94. The second-order valence-corrected chi connectivity index (χ2v) is 9.09. The number of ether oxygens (including phenoxy) is 2. The number of sulfonamides is 1. The third-order valence-corrected chi connectivity index (χ3v) is 6.82. The number of methoxy groups -OCH3 is 2. The number of hydrogen-bond acceptors (Lipinski definition) is 5. The molecule has 0 radical (unpaired) electrons. The SMILES string of the molecule is CCNC(=NCc1ccc(OC)c(OC)c1)NCCS(=O)(=O)N1CCc2ccccc21. The highest BCUT2D eigenvalue weighted by molar-refractivity contribution is 7.92. The standard InChI is InChI=1S/C22H30N4O4S/c1-4-23-22(25-16-17-9-10-20(29-2)21(15-17)30-3)24-12-14-31(27,28)26-13-11-18-7-5-6-8-19(18)26/h5-10,15H,4,11-14,16H2,1-3H3,(H2,23,24,25). The van der Waals surface area contributed by atoms with Gasteiger partial charge in [0.05, 0.1) is 32.2 Å². The molecule has 0 aromatic heterocycles. The van der Waals surface area contributed by atoms with Gasteiger partial charge in [0.25, 0.3) is 0 Å². The number of guanidine groups is 1. The number of nitrogens with zero attached hydrogens (tertiary/aromatic N) is 2. The summed E-state index contributed by atoms with van der Waals surface area (Å²) in [5, 5.41) is 6.27. The van der Waals surface area contributed by atoms with E-state index < -0.39 is 10.0 Å². The average Bonchev–Trinajstić information content (AvgIpc) is 3.22. The summed E-state index contributed by atoms with van der Waals surface area (Å²) in [5.41, 5.74) is 2.82. The van der Waals surface area contributed by atoms with Gasteiger partial charge >= 0.3 is 0 Å². The summed E-state index contributed by atoms with van der Waals surface area (Å²) in [6.07, 6.45) is 0.748. The Morgan fingerprint density at radius 2 is 1.87 bits per heavy atom. The van der Waals surface area contributed by atoms with Crippen LogP contribution in [0.2, 0.25) is 0 Å². The number of rotatable bonds is 9. The van der Waals surface area contributed by atoms with Gasteiger partial charge in [0.15, 0.2) is 17.5 Å².